The van der Waals surface area contributed by atoms with Crippen molar-refractivity contribution in [2.45, 2.75) is 0 Å². The molecule has 138 valence electrons. The second-order valence-electron chi connectivity index (χ2n) is 6.74. The van der Waals surface area contributed by atoms with Crippen molar-refractivity contribution < 1.29 is 4.42 Å². The predicted octanol–water partition coefficient (Wildman–Crippen LogP) is 4.83. The maximum atomic E-state index is 9.15. The molecule has 6 heteroatoms. The number of aryl methyl sites for hydroxylation is 1. The number of rotatable bonds is 3. The highest BCUT2D eigenvalue weighted by Gasteiger charge is 2.13. The molecular weight excluding hydrogens is 362 g/mol. The van der Waals surface area contributed by atoms with Crippen molar-refractivity contribution in [3.8, 4) is 39.6 Å². The van der Waals surface area contributed by atoms with Crippen LogP contribution < -0.4 is 0 Å². The zero-order valence-electron chi connectivity index (χ0n) is 15.6. The highest BCUT2D eigenvalue weighted by atomic mass is 16.3. The molecule has 0 aliphatic carbocycles. The molecule has 4 heterocycles. The normalized spacial score (nSPS) is 10.9. The first-order valence-corrected chi connectivity index (χ1v) is 9.05. The molecule has 5 rings (SSSR count). The number of pyridine rings is 2. The molecule has 29 heavy (non-hydrogen) atoms. The standard InChI is InChI=1S/C23H15N5O/c1-28-14-19(13-27-28)16-2-4-17(5-3-16)22-9-21-23(29-22)20(6-7-26-21)18-8-15(10-24)11-25-12-18/h2-9,11-14H,1H3. The number of benzene rings is 1. The van der Waals surface area contributed by atoms with Crippen LogP contribution in [0, 0.1) is 11.3 Å². The fourth-order valence-corrected chi connectivity index (χ4v) is 3.35. The van der Waals surface area contributed by atoms with Crippen molar-refractivity contribution >= 4 is 11.1 Å². The summed E-state index contributed by atoms with van der Waals surface area (Å²) in [4.78, 5) is 8.59. The molecule has 0 aliphatic rings. The van der Waals surface area contributed by atoms with Crippen LogP contribution >= 0.6 is 0 Å². The Labute approximate surface area is 166 Å². The third kappa shape index (κ3) is 3.05. The summed E-state index contributed by atoms with van der Waals surface area (Å²) < 4.78 is 7.96. The van der Waals surface area contributed by atoms with Crippen LogP contribution in [0.15, 0.2) is 77.9 Å². The van der Waals surface area contributed by atoms with Crippen LogP contribution in [0.4, 0.5) is 0 Å². The third-order valence-corrected chi connectivity index (χ3v) is 4.80. The van der Waals surface area contributed by atoms with E-state index in [-0.39, 0.29) is 0 Å². The van der Waals surface area contributed by atoms with Crippen molar-refractivity contribution in [1.82, 2.24) is 19.7 Å². The Bertz CT molecular complexity index is 1370. The van der Waals surface area contributed by atoms with Gasteiger partial charge >= 0.3 is 0 Å². The lowest BCUT2D eigenvalue weighted by atomic mass is 10.1. The molecule has 5 aromatic rings. The molecule has 6 nitrogen and oxygen atoms in total. The van der Waals surface area contributed by atoms with E-state index in [1.165, 1.54) is 0 Å². The number of hydrogen-bond donors (Lipinski definition) is 0. The summed E-state index contributed by atoms with van der Waals surface area (Å²) in [6, 6.07) is 15.9. The largest absolute Gasteiger partial charge is 0.454 e. The van der Waals surface area contributed by atoms with Crippen molar-refractivity contribution in [3.05, 3.63) is 79.0 Å². The van der Waals surface area contributed by atoms with Gasteiger partial charge in [0.15, 0.2) is 5.58 Å². The van der Waals surface area contributed by atoms with Crippen molar-refractivity contribution in [2.24, 2.45) is 7.05 Å². The average molecular weight is 377 g/mol. The molecule has 0 amide bonds. The van der Waals surface area contributed by atoms with Crippen LogP contribution in [0.2, 0.25) is 0 Å². The first kappa shape index (κ1) is 16.9. The second-order valence-corrected chi connectivity index (χ2v) is 6.74. The summed E-state index contributed by atoms with van der Waals surface area (Å²) in [6.45, 7) is 0. The SMILES string of the molecule is Cn1cc(-c2ccc(-c3cc4nccc(-c5cncc(C#N)c5)c4o3)cc2)cn1. The van der Waals surface area contributed by atoms with Gasteiger partial charge in [0.25, 0.3) is 0 Å². The zero-order valence-corrected chi connectivity index (χ0v) is 15.6. The Hall–Kier alpha value is -4.24. The van der Waals surface area contributed by atoms with Crippen molar-refractivity contribution in [3.63, 3.8) is 0 Å². The van der Waals surface area contributed by atoms with Gasteiger partial charge in [-0.15, -0.1) is 0 Å². The molecule has 0 unspecified atom stereocenters. The van der Waals surface area contributed by atoms with Crippen LogP contribution in [0.5, 0.6) is 0 Å². The van der Waals surface area contributed by atoms with E-state index in [4.69, 9.17) is 9.68 Å². The summed E-state index contributed by atoms with van der Waals surface area (Å²) >= 11 is 0. The first-order chi connectivity index (χ1) is 14.2. The Morgan fingerprint density at radius 3 is 2.52 bits per heavy atom. The summed E-state index contributed by atoms with van der Waals surface area (Å²) in [5.74, 6) is 0.738. The van der Waals surface area contributed by atoms with E-state index in [1.54, 1.807) is 29.3 Å². The summed E-state index contributed by atoms with van der Waals surface area (Å²) in [5.41, 5.74) is 6.75. The minimum atomic E-state index is 0.505. The molecule has 0 spiro atoms. The van der Waals surface area contributed by atoms with Crippen LogP contribution in [-0.4, -0.2) is 19.7 Å². The van der Waals surface area contributed by atoms with Crippen LogP contribution in [-0.2, 0) is 7.05 Å². The van der Waals surface area contributed by atoms with E-state index >= 15 is 0 Å². The van der Waals surface area contributed by atoms with E-state index in [1.807, 2.05) is 55.8 Å². The Balaban J connectivity index is 1.56. The molecule has 0 radical (unpaired) electrons. The lowest BCUT2D eigenvalue weighted by Gasteiger charge is -2.02. The Morgan fingerprint density at radius 2 is 1.76 bits per heavy atom. The highest BCUT2D eigenvalue weighted by molar-refractivity contribution is 5.92. The van der Waals surface area contributed by atoms with Gasteiger partial charge in [-0.2, -0.15) is 10.4 Å². The number of furan rings is 1. The van der Waals surface area contributed by atoms with Gasteiger partial charge in [0.05, 0.1) is 11.8 Å². The van der Waals surface area contributed by atoms with Crippen LogP contribution in [0.1, 0.15) is 5.56 Å². The molecule has 0 bridgehead atoms. The summed E-state index contributed by atoms with van der Waals surface area (Å²) in [6.07, 6.45) is 8.83. The monoisotopic (exact) mass is 377 g/mol. The zero-order chi connectivity index (χ0) is 19.8. The predicted molar refractivity (Wildman–Crippen MR) is 110 cm³/mol. The summed E-state index contributed by atoms with van der Waals surface area (Å²) in [5, 5.41) is 13.4. The minimum absolute atomic E-state index is 0.505. The molecule has 4 aromatic heterocycles. The van der Waals surface area contributed by atoms with Gasteiger partial charge in [0.2, 0.25) is 0 Å². The lowest BCUT2D eigenvalue weighted by Crippen LogP contribution is -1.84. The summed E-state index contributed by atoms with van der Waals surface area (Å²) in [7, 11) is 1.90. The fourth-order valence-electron chi connectivity index (χ4n) is 3.35. The van der Waals surface area contributed by atoms with E-state index in [2.05, 4.69) is 21.1 Å². The van der Waals surface area contributed by atoms with Crippen LogP contribution in [0.3, 0.4) is 0 Å². The van der Waals surface area contributed by atoms with Crippen molar-refractivity contribution in [2.75, 3.05) is 0 Å². The number of fused-ring (bicyclic) bond motifs is 1. The number of hydrogen-bond acceptors (Lipinski definition) is 5. The third-order valence-electron chi connectivity index (χ3n) is 4.80. The van der Waals surface area contributed by atoms with Gasteiger partial charge in [-0.3, -0.25) is 14.6 Å². The molecule has 0 saturated heterocycles. The fraction of sp³-hybridized carbons (Fsp3) is 0.0435. The maximum absolute atomic E-state index is 9.15. The highest BCUT2D eigenvalue weighted by Crippen LogP contribution is 2.34. The molecule has 0 atom stereocenters. The Morgan fingerprint density at radius 1 is 0.931 bits per heavy atom. The smallest absolute Gasteiger partial charge is 0.161 e. The molecular formula is C23H15N5O. The average Bonchev–Trinajstić information content (AvgIpc) is 3.40. The Kier molecular flexibility index (Phi) is 3.92. The van der Waals surface area contributed by atoms with Gasteiger partial charge in [-0.05, 0) is 17.7 Å². The maximum Gasteiger partial charge on any atom is 0.161 e. The van der Waals surface area contributed by atoms with Gasteiger partial charge in [0.1, 0.15) is 17.3 Å². The second kappa shape index (κ2) is 6.73. The van der Waals surface area contributed by atoms with E-state index in [0.29, 0.717) is 11.1 Å². The molecule has 1 aromatic carbocycles. The van der Waals surface area contributed by atoms with Gasteiger partial charge in [-0.25, -0.2) is 0 Å². The number of aromatic nitrogens is 4. The van der Waals surface area contributed by atoms with Gasteiger partial charge in [0, 0.05) is 60.2 Å². The number of nitriles is 1. The topological polar surface area (TPSA) is 80.5 Å². The number of nitrogens with zero attached hydrogens (tertiary/aromatic N) is 5. The van der Waals surface area contributed by atoms with Gasteiger partial charge in [-0.1, -0.05) is 24.3 Å². The van der Waals surface area contributed by atoms with E-state index < -0.39 is 0 Å². The van der Waals surface area contributed by atoms with Crippen LogP contribution in [0.25, 0.3) is 44.7 Å². The first-order valence-electron chi connectivity index (χ1n) is 9.05. The minimum Gasteiger partial charge on any atom is -0.454 e. The van der Waals surface area contributed by atoms with Crippen molar-refractivity contribution in [1.29, 1.82) is 5.26 Å². The molecule has 0 fully saturated rings. The van der Waals surface area contributed by atoms with E-state index in [9.17, 15) is 0 Å². The lowest BCUT2D eigenvalue weighted by molar-refractivity contribution is 0.632. The molecule has 0 aliphatic heterocycles. The molecule has 0 N–H and O–H groups in total. The molecule has 0 saturated carbocycles. The van der Waals surface area contributed by atoms with Gasteiger partial charge < -0.3 is 4.42 Å². The van der Waals surface area contributed by atoms with E-state index in [0.717, 1.165) is 39.1 Å². The quantitative estimate of drug-likeness (QED) is 0.450.